The molecule has 0 N–H and O–H groups in total. The van der Waals surface area contributed by atoms with Crippen LogP contribution < -0.4 is 0 Å². The summed E-state index contributed by atoms with van der Waals surface area (Å²) < 4.78 is 7.25. The lowest BCUT2D eigenvalue weighted by atomic mass is 10.0. The van der Waals surface area contributed by atoms with Crippen LogP contribution in [-0.4, -0.2) is 45.8 Å². The van der Waals surface area contributed by atoms with Crippen LogP contribution in [0, 0.1) is 6.92 Å². The topological polar surface area (TPSA) is 64.4 Å². The van der Waals surface area contributed by atoms with Crippen molar-refractivity contribution in [2.45, 2.75) is 32.8 Å². The molecule has 0 saturated carbocycles. The molecule has 1 aromatic heterocycles. The first kappa shape index (κ1) is 19.9. The molecule has 1 aliphatic heterocycles. The maximum Gasteiger partial charge on any atom is 0.342 e. The minimum absolute atomic E-state index is 0.145. The second kappa shape index (κ2) is 8.53. The van der Waals surface area contributed by atoms with E-state index in [0.717, 1.165) is 42.7 Å². The molecule has 0 unspecified atom stereocenters. The van der Waals surface area contributed by atoms with Crippen LogP contribution in [0.15, 0.2) is 60.8 Å². The van der Waals surface area contributed by atoms with Crippen LogP contribution in [0.3, 0.4) is 0 Å². The maximum absolute atomic E-state index is 13.1. The van der Waals surface area contributed by atoms with E-state index in [1.54, 1.807) is 22.7 Å². The van der Waals surface area contributed by atoms with Crippen LogP contribution in [0.4, 0.5) is 0 Å². The highest BCUT2D eigenvalue weighted by molar-refractivity contribution is 5.98. The monoisotopic (exact) mass is 403 g/mol. The molecule has 1 atom stereocenters. The summed E-state index contributed by atoms with van der Waals surface area (Å²) in [6.45, 7) is 5.06. The zero-order valence-corrected chi connectivity index (χ0v) is 17.2. The zero-order chi connectivity index (χ0) is 21.1. The Morgan fingerprint density at radius 3 is 2.37 bits per heavy atom. The quantitative estimate of drug-likeness (QED) is 0.604. The molecule has 30 heavy (non-hydrogen) atoms. The highest BCUT2D eigenvalue weighted by atomic mass is 16.5. The number of hydrogen-bond acceptors (Lipinski definition) is 4. The zero-order valence-electron chi connectivity index (χ0n) is 17.2. The first-order valence-corrected chi connectivity index (χ1v) is 10.3. The van der Waals surface area contributed by atoms with Crippen molar-refractivity contribution < 1.29 is 14.3 Å². The van der Waals surface area contributed by atoms with Crippen molar-refractivity contribution in [3.8, 4) is 16.9 Å². The van der Waals surface area contributed by atoms with Gasteiger partial charge in [-0.2, -0.15) is 5.10 Å². The molecule has 0 aliphatic carbocycles. The molecule has 1 fully saturated rings. The Labute approximate surface area is 176 Å². The summed E-state index contributed by atoms with van der Waals surface area (Å²) in [6.07, 6.45) is 2.83. The van der Waals surface area contributed by atoms with E-state index >= 15 is 0 Å². The Hall–Kier alpha value is -3.41. The molecule has 2 heterocycles. The summed E-state index contributed by atoms with van der Waals surface area (Å²) in [5.74, 6) is -0.691. The number of likely N-dealkylation sites (tertiary alicyclic amines) is 1. The number of carbonyl (C=O) groups excluding carboxylic acids is 2. The van der Waals surface area contributed by atoms with E-state index in [0.29, 0.717) is 11.3 Å². The van der Waals surface area contributed by atoms with Gasteiger partial charge in [0.2, 0.25) is 0 Å². The number of aryl methyl sites for hydroxylation is 1. The third-order valence-electron chi connectivity index (χ3n) is 5.40. The fraction of sp³-hybridized carbons (Fsp3) is 0.292. The molecule has 154 valence electrons. The Morgan fingerprint density at radius 2 is 1.67 bits per heavy atom. The van der Waals surface area contributed by atoms with Crippen LogP contribution in [0.25, 0.3) is 16.9 Å². The highest BCUT2D eigenvalue weighted by Crippen LogP contribution is 2.27. The van der Waals surface area contributed by atoms with Crippen LogP contribution in [0.5, 0.6) is 0 Å². The normalized spacial score (nSPS) is 14.5. The lowest BCUT2D eigenvalue weighted by Crippen LogP contribution is -2.38. The van der Waals surface area contributed by atoms with Crippen LogP contribution in [0.1, 0.15) is 35.7 Å². The fourth-order valence-electron chi connectivity index (χ4n) is 3.74. The van der Waals surface area contributed by atoms with E-state index in [2.05, 4.69) is 5.10 Å². The van der Waals surface area contributed by atoms with Crippen molar-refractivity contribution in [3.05, 3.63) is 71.9 Å². The number of carbonyl (C=O) groups is 2. The number of benzene rings is 2. The van der Waals surface area contributed by atoms with E-state index < -0.39 is 12.1 Å². The van der Waals surface area contributed by atoms with Gasteiger partial charge in [0.15, 0.2) is 6.10 Å². The van der Waals surface area contributed by atoms with Crippen molar-refractivity contribution in [1.82, 2.24) is 14.7 Å². The van der Waals surface area contributed by atoms with Gasteiger partial charge < -0.3 is 9.64 Å². The average molecular weight is 403 g/mol. The van der Waals surface area contributed by atoms with Gasteiger partial charge in [-0.3, -0.25) is 4.79 Å². The van der Waals surface area contributed by atoms with Crippen molar-refractivity contribution >= 4 is 11.9 Å². The first-order valence-electron chi connectivity index (χ1n) is 10.3. The molecular weight excluding hydrogens is 378 g/mol. The minimum Gasteiger partial charge on any atom is -0.449 e. The van der Waals surface area contributed by atoms with E-state index in [1.165, 1.54) is 0 Å². The molecule has 1 saturated heterocycles. The molecule has 1 amide bonds. The predicted octanol–water partition coefficient (Wildman–Crippen LogP) is 4.02. The Kier molecular flexibility index (Phi) is 5.65. The molecule has 6 nitrogen and oxygen atoms in total. The summed E-state index contributed by atoms with van der Waals surface area (Å²) in [4.78, 5) is 27.4. The number of aromatic nitrogens is 2. The Morgan fingerprint density at radius 1 is 1.00 bits per heavy atom. The number of esters is 1. The van der Waals surface area contributed by atoms with Gasteiger partial charge in [0.1, 0.15) is 11.3 Å². The summed E-state index contributed by atoms with van der Waals surface area (Å²) >= 11 is 0. The number of para-hydroxylation sites is 1. The van der Waals surface area contributed by atoms with Crippen LogP contribution >= 0.6 is 0 Å². The van der Waals surface area contributed by atoms with Crippen molar-refractivity contribution in [2.24, 2.45) is 0 Å². The lowest BCUT2D eigenvalue weighted by Gasteiger charge is -2.20. The number of rotatable bonds is 5. The molecular formula is C24H25N3O3. The van der Waals surface area contributed by atoms with Crippen molar-refractivity contribution in [3.63, 3.8) is 0 Å². The molecule has 2 aromatic carbocycles. The molecule has 1 aliphatic rings. The fourth-order valence-corrected chi connectivity index (χ4v) is 3.74. The Balaban J connectivity index is 1.67. The second-order valence-corrected chi connectivity index (χ2v) is 7.57. The summed E-state index contributed by atoms with van der Waals surface area (Å²) in [7, 11) is 0. The lowest BCUT2D eigenvalue weighted by molar-refractivity contribution is -0.138. The average Bonchev–Trinajstić information content (AvgIpc) is 3.44. The van der Waals surface area contributed by atoms with Crippen LogP contribution in [-0.2, 0) is 9.53 Å². The van der Waals surface area contributed by atoms with E-state index in [1.807, 2.05) is 61.5 Å². The molecule has 3 aromatic rings. The van der Waals surface area contributed by atoms with Gasteiger partial charge in [-0.05, 0) is 44.4 Å². The standard InChI is InChI=1S/C24H25N3O3/c1-17-10-6-7-13-20(17)22-21(16-27(25-22)19-11-4-3-5-12-19)24(29)30-18(2)23(28)26-14-8-9-15-26/h3-7,10-13,16,18H,8-9,14-15H2,1-2H3/t18-/m0/s1. The third-order valence-corrected chi connectivity index (χ3v) is 5.40. The molecule has 4 rings (SSSR count). The smallest absolute Gasteiger partial charge is 0.342 e. The van der Waals surface area contributed by atoms with E-state index in [9.17, 15) is 9.59 Å². The van der Waals surface area contributed by atoms with Gasteiger partial charge in [-0.1, -0.05) is 42.5 Å². The summed E-state index contributed by atoms with van der Waals surface area (Å²) in [6, 6.07) is 17.4. The largest absolute Gasteiger partial charge is 0.449 e. The molecule has 6 heteroatoms. The van der Waals surface area contributed by atoms with Gasteiger partial charge in [0, 0.05) is 24.8 Å². The van der Waals surface area contributed by atoms with Gasteiger partial charge in [0.25, 0.3) is 5.91 Å². The second-order valence-electron chi connectivity index (χ2n) is 7.57. The molecule has 0 bridgehead atoms. The number of amides is 1. The van der Waals surface area contributed by atoms with E-state index in [-0.39, 0.29) is 5.91 Å². The van der Waals surface area contributed by atoms with E-state index in [4.69, 9.17) is 4.74 Å². The summed E-state index contributed by atoms with van der Waals surface area (Å²) in [5, 5.41) is 4.68. The summed E-state index contributed by atoms with van der Waals surface area (Å²) in [5.41, 5.74) is 3.59. The minimum atomic E-state index is -0.833. The number of ether oxygens (including phenoxy) is 1. The third kappa shape index (κ3) is 3.99. The van der Waals surface area contributed by atoms with Crippen LogP contribution in [0.2, 0.25) is 0 Å². The Bertz CT molecular complexity index is 1050. The SMILES string of the molecule is Cc1ccccc1-c1nn(-c2ccccc2)cc1C(=O)O[C@@H](C)C(=O)N1CCCC1. The van der Waals surface area contributed by atoms with Gasteiger partial charge >= 0.3 is 5.97 Å². The van der Waals surface area contributed by atoms with Crippen molar-refractivity contribution in [1.29, 1.82) is 0 Å². The number of nitrogens with zero attached hydrogens (tertiary/aromatic N) is 3. The molecule has 0 spiro atoms. The predicted molar refractivity (Wildman–Crippen MR) is 114 cm³/mol. The molecule has 0 radical (unpaired) electrons. The van der Waals surface area contributed by atoms with Gasteiger partial charge in [0.05, 0.1) is 5.69 Å². The van der Waals surface area contributed by atoms with Gasteiger partial charge in [-0.25, -0.2) is 9.48 Å². The number of hydrogen-bond donors (Lipinski definition) is 0. The first-order chi connectivity index (χ1) is 14.5. The maximum atomic E-state index is 13.1. The van der Waals surface area contributed by atoms with Crippen molar-refractivity contribution in [2.75, 3.05) is 13.1 Å². The highest BCUT2D eigenvalue weighted by Gasteiger charge is 2.28. The van der Waals surface area contributed by atoms with Gasteiger partial charge in [-0.15, -0.1) is 0 Å².